The van der Waals surface area contributed by atoms with E-state index in [1.54, 1.807) is 0 Å². The van der Waals surface area contributed by atoms with Crippen LogP contribution in [0.5, 0.6) is 0 Å². The number of amides is 1. The number of anilines is 1. The molecule has 1 amide bonds. The van der Waals surface area contributed by atoms with Gasteiger partial charge in [0.25, 0.3) is 5.91 Å². The number of nitrogens with zero attached hydrogens (tertiary/aromatic N) is 2. The Balaban J connectivity index is 1.89. The molecule has 0 spiro atoms. The summed E-state index contributed by atoms with van der Waals surface area (Å²) in [6.45, 7) is -0.820. The van der Waals surface area contributed by atoms with Crippen molar-refractivity contribution in [2.45, 2.75) is 17.0 Å². The minimum absolute atomic E-state index is 0.0581. The number of alkyl halides is 3. The van der Waals surface area contributed by atoms with Crippen LogP contribution >= 0.6 is 11.3 Å². The highest BCUT2D eigenvalue weighted by molar-refractivity contribution is 7.89. The number of thiazole rings is 1. The topological polar surface area (TPSA) is 98.2 Å². The van der Waals surface area contributed by atoms with E-state index in [1.807, 2.05) is 0 Å². The van der Waals surface area contributed by atoms with Gasteiger partial charge in [0.05, 0.1) is 6.61 Å². The highest BCUT2D eigenvalue weighted by atomic mass is 32.3. The minimum atomic E-state index is -5.14. The van der Waals surface area contributed by atoms with Gasteiger partial charge in [-0.25, -0.2) is 9.37 Å². The molecule has 0 bridgehead atoms. The number of hydrogen-bond donors (Lipinski definition) is 1. The minimum Gasteiger partial charge on any atom is -0.296 e. The Hall–Kier alpha value is -2.90. The van der Waals surface area contributed by atoms with E-state index in [-0.39, 0.29) is 22.6 Å². The summed E-state index contributed by atoms with van der Waals surface area (Å²) in [5.41, 5.74) is -2.03. The number of carbonyl (C=O) groups is 1. The molecule has 0 atom stereocenters. The number of halogens is 4. The van der Waals surface area contributed by atoms with E-state index in [4.69, 9.17) is 0 Å². The number of aromatic nitrogens is 2. The lowest BCUT2D eigenvalue weighted by molar-refractivity contribution is -0.142. The van der Waals surface area contributed by atoms with Gasteiger partial charge < -0.3 is 0 Å². The molecule has 0 unspecified atom stereocenters. The molecule has 1 aromatic carbocycles. The SMILES string of the molecule is O=C(Nc1nc(C(F)(F)F)c(S(=O)(=O)OCc2ccccc2F)s1)c1ccccn1. The van der Waals surface area contributed by atoms with Crippen molar-refractivity contribution < 1.29 is 35.0 Å². The van der Waals surface area contributed by atoms with Gasteiger partial charge in [-0.1, -0.05) is 35.6 Å². The molecule has 0 radical (unpaired) electrons. The summed E-state index contributed by atoms with van der Waals surface area (Å²) in [5, 5.41) is 1.45. The Morgan fingerprint density at radius 1 is 1.13 bits per heavy atom. The Morgan fingerprint density at radius 2 is 1.83 bits per heavy atom. The van der Waals surface area contributed by atoms with Crippen LogP contribution in [0.3, 0.4) is 0 Å². The fourth-order valence-electron chi connectivity index (χ4n) is 2.18. The molecule has 0 fully saturated rings. The molecule has 3 rings (SSSR count). The van der Waals surface area contributed by atoms with Crippen LogP contribution in [0.25, 0.3) is 0 Å². The quantitative estimate of drug-likeness (QED) is 0.442. The van der Waals surface area contributed by atoms with Gasteiger partial charge in [0, 0.05) is 11.8 Å². The van der Waals surface area contributed by atoms with Gasteiger partial charge in [-0.2, -0.15) is 21.6 Å². The van der Waals surface area contributed by atoms with Crippen molar-refractivity contribution in [3.8, 4) is 0 Å². The van der Waals surface area contributed by atoms with E-state index < -0.39 is 49.7 Å². The molecule has 1 N–H and O–H groups in total. The number of hydrogen-bond acceptors (Lipinski definition) is 7. The normalized spacial score (nSPS) is 12.0. The van der Waals surface area contributed by atoms with Crippen LogP contribution in [-0.4, -0.2) is 24.3 Å². The first-order valence-electron chi connectivity index (χ1n) is 8.01. The van der Waals surface area contributed by atoms with E-state index in [2.05, 4.69) is 19.5 Å². The summed E-state index contributed by atoms with van der Waals surface area (Å²) in [6, 6.07) is 9.35. The third-order valence-corrected chi connectivity index (χ3v) is 6.24. The van der Waals surface area contributed by atoms with E-state index in [0.29, 0.717) is 0 Å². The van der Waals surface area contributed by atoms with Crippen molar-refractivity contribution in [1.82, 2.24) is 9.97 Å². The van der Waals surface area contributed by atoms with E-state index in [9.17, 15) is 30.8 Å². The molecule has 7 nitrogen and oxygen atoms in total. The maximum Gasteiger partial charge on any atom is 0.435 e. The molecule has 3 aromatic rings. The van der Waals surface area contributed by atoms with Crippen LogP contribution in [0.15, 0.2) is 52.9 Å². The summed E-state index contributed by atoms with van der Waals surface area (Å²) < 4.78 is 81.6. The maximum absolute atomic E-state index is 13.6. The van der Waals surface area contributed by atoms with Crippen LogP contribution in [0.4, 0.5) is 22.7 Å². The lowest BCUT2D eigenvalue weighted by Gasteiger charge is -2.08. The predicted octanol–water partition coefficient (Wildman–Crippen LogP) is 3.85. The van der Waals surface area contributed by atoms with Crippen molar-refractivity contribution >= 4 is 32.5 Å². The fraction of sp³-hybridized carbons (Fsp3) is 0.118. The number of carbonyl (C=O) groups excluding carboxylic acids is 1. The summed E-state index contributed by atoms with van der Waals surface area (Å²) in [4.78, 5) is 19.0. The van der Waals surface area contributed by atoms with Gasteiger partial charge in [-0.15, -0.1) is 0 Å². The molecule has 0 aliphatic carbocycles. The molecular formula is C17H11F4N3O4S2. The van der Waals surface area contributed by atoms with Crippen molar-refractivity contribution in [1.29, 1.82) is 0 Å². The average Bonchev–Trinajstić information content (AvgIpc) is 3.13. The van der Waals surface area contributed by atoms with Crippen LogP contribution in [-0.2, 0) is 27.1 Å². The van der Waals surface area contributed by atoms with Crippen LogP contribution in [0.1, 0.15) is 21.7 Å². The van der Waals surface area contributed by atoms with Gasteiger partial charge in [-0.05, 0) is 18.2 Å². The Bertz CT molecular complexity index is 1170. The van der Waals surface area contributed by atoms with Gasteiger partial charge >= 0.3 is 16.3 Å². The van der Waals surface area contributed by atoms with Gasteiger partial charge in [-0.3, -0.25) is 19.3 Å². The molecule has 0 saturated heterocycles. The van der Waals surface area contributed by atoms with Crippen molar-refractivity contribution in [2.75, 3.05) is 5.32 Å². The molecule has 13 heteroatoms. The summed E-state index contributed by atoms with van der Waals surface area (Å²) in [5.74, 6) is -1.66. The van der Waals surface area contributed by atoms with Gasteiger partial charge in [0.2, 0.25) is 0 Å². The van der Waals surface area contributed by atoms with E-state index in [1.165, 1.54) is 42.6 Å². The lowest BCUT2D eigenvalue weighted by Crippen LogP contribution is -2.15. The molecule has 158 valence electrons. The molecule has 0 saturated carbocycles. The van der Waals surface area contributed by atoms with Gasteiger partial charge in [0.15, 0.2) is 15.0 Å². The van der Waals surface area contributed by atoms with Gasteiger partial charge in [0.1, 0.15) is 11.5 Å². The second-order valence-electron chi connectivity index (χ2n) is 5.63. The first-order chi connectivity index (χ1) is 14.1. The predicted molar refractivity (Wildman–Crippen MR) is 97.7 cm³/mol. The molecule has 0 aliphatic heterocycles. The second kappa shape index (κ2) is 8.45. The van der Waals surface area contributed by atoms with E-state index in [0.717, 1.165) is 6.07 Å². The zero-order valence-electron chi connectivity index (χ0n) is 14.7. The fourth-order valence-corrected chi connectivity index (χ4v) is 4.47. The third-order valence-electron chi connectivity index (χ3n) is 3.54. The summed E-state index contributed by atoms with van der Waals surface area (Å²) >= 11 is 0.0581. The van der Waals surface area contributed by atoms with Crippen molar-refractivity contribution in [3.63, 3.8) is 0 Å². The highest BCUT2D eigenvalue weighted by Gasteiger charge is 2.42. The Labute approximate surface area is 171 Å². The van der Waals surface area contributed by atoms with Crippen LogP contribution in [0.2, 0.25) is 0 Å². The largest absolute Gasteiger partial charge is 0.435 e. The zero-order chi connectivity index (χ0) is 21.9. The third kappa shape index (κ3) is 4.98. The molecular weight excluding hydrogens is 450 g/mol. The first kappa shape index (κ1) is 21.8. The summed E-state index contributed by atoms with van der Waals surface area (Å²) in [7, 11) is -4.97. The monoisotopic (exact) mass is 461 g/mol. The van der Waals surface area contributed by atoms with Crippen LogP contribution < -0.4 is 5.32 Å². The molecule has 0 aliphatic rings. The number of benzene rings is 1. The van der Waals surface area contributed by atoms with Crippen molar-refractivity contribution in [3.05, 3.63) is 71.4 Å². The second-order valence-corrected chi connectivity index (χ2v) is 8.44. The van der Waals surface area contributed by atoms with Crippen molar-refractivity contribution in [2.24, 2.45) is 0 Å². The molecule has 30 heavy (non-hydrogen) atoms. The standard InChI is InChI=1S/C17H11F4N3O4S2/c18-11-6-2-1-5-10(11)9-28-30(26,27)15-13(17(19,20)21)23-16(29-15)24-14(25)12-7-3-4-8-22-12/h1-8H,9H2,(H,23,24,25). The average molecular weight is 461 g/mol. The highest BCUT2D eigenvalue weighted by Crippen LogP contribution is 2.39. The first-order valence-corrected chi connectivity index (χ1v) is 10.2. The Morgan fingerprint density at radius 3 is 2.47 bits per heavy atom. The summed E-state index contributed by atoms with van der Waals surface area (Å²) in [6.07, 6.45) is -3.85. The van der Waals surface area contributed by atoms with E-state index >= 15 is 0 Å². The van der Waals surface area contributed by atoms with Crippen LogP contribution in [0, 0.1) is 5.82 Å². The lowest BCUT2D eigenvalue weighted by atomic mass is 10.2. The molecule has 2 heterocycles. The maximum atomic E-state index is 13.6. The molecule has 2 aromatic heterocycles. The Kier molecular flexibility index (Phi) is 6.14. The number of nitrogens with one attached hydrogen (secondary N) is 1. The number of rotatable bonds is 6. The zero-order valence-corrected chi connectivity index (χ0v) is 16.3. The smallest absolute Gasteiger partial charge is 0.296 e. The number of pyridine rings is 1.